The monoisotopic (exact) mass is 441 g/mol. The molecule has 2 saturated carbocycles. The Morgan fingerprint density at radius 2 is 1.97 bits per heavy atom. The Balaban J connectivity index is 1.71. The minimum atomic E-state index is -0.446. The molecule has 2 aromatic rings. The zero-order chi connectivity index (χ0) is 23.2. The molecule has 3 N–H and O–H groups in total. The number of aromatic nitrogens is 3. The van der Waals surface area contributed by atoms with E-state index in [1.807, 2.05) is 27.7 Å². The normalized spacial score (nSPS) is 16.8. The van der Waals surface area contributed by atoms with Crippen LogP contribution in [0.5, 0.6) is 5.88 Å². The molecule has 2 heterocycles. The fraction of sp³-hybridized carbons (Fsp3) is 0.565. The number of rotatable bonds is 8. The molecule has 4 rings (SSSR count). The Morgan fingerprint density at radius 3 is 2.56 bits per heavy atom. The van der Waals surface area contributed by atoms with E-state index in [-0.39, 0.29) is 40.4 Å². The zero-order valence-corrected chi connectivity index (χ0v) is 19.0. The van der Waals surface area contributed by atoms with Crippen molar-refractivity contribution in [2.75, 3.05) is 0 Å². The topological polar surface area (TPSA) is 118 Å². The summed E-state index contributed by atoms with van der Waals surface area (Å²) in [6.45, 7) is 8.24. The van der Waals surface area contributed by atoms with Gasteiger partial charge in [0.05, 0.1) is 5.56 Å². The van der Waals surface area contributed by atoms with Gasteiger partial charge in [-0.2, -0.15) is 0 Å². The summed E-state index contributed by atoms with van der Waals surface area (Å²) in [5, 5.41) is 20.4. The minimum absolute atomic E-state index is 0.0213. The summed E-state index contributed by atoms with van der Waals surface area (Å²) >= 11 is 0. The third-order valence-electron chi connectivity index (χ3n) is 6.03. The molecule has 9 heteroatoms. The summed E-state index contributed by atoms with van der Waals surface area (Å²) in [6, 6.07) is 0.110. The van der Waals surface area contributed by atoms with E-state index in [1.165, 1.54) is 27.4 Å². The largest absolute Gasteiger partial charge is 0.492 e. The van der Waals surface area contributed by atoms with Gasteiger partial charge >= 0.3 is 0 Å². The number of hydrogen-bond donors (Lipinski definition) is 3. The first-order chi connectivity index (χ1) is 15.1. The van der Waals surface area contributed by atoms with Crippen LogP contribution >= 0.6 is 0 Å². The van der Waals surface area contributed by atoms with Crippen LogP contribution in [0.2, 0.25) is 0 Å². The summed E-state index contributed by atoms with van der Waals surface area (Å²) in [6.07, 6.45) is 8.18. The van der Waals surface area contributed by atoms with Crippen LogP contribution in [0.25, 0.3) is 11.7 Å². The van der Waals surface area contributed by atoms with Gasteiger partial charge in [-0.3, -0.25) is 19.0 Å². The van der Waals surface area contributed by atoms with Crippen LogP contribution in [0.1, 0.15) is 69.3 Å². The Bertz CT molecular complexity index is 1150. The molecule has 172 valence electrons. The molecule has 9 nitrogen and oxygen atoms in total. The second-order valence-corrected chi connectivity index (χ2v) is 9.92. The molecule has 0 unspecified atom stereocenters. The third kappa shape index (κ3) is 4.56. The van der Waals surface area contributed by atoms with Crippen LogP contribution in [-0.2, 0) is 11.3 Å². The second-order valence-electron chi connectivity index (χ2n) is 9.92. The predicted molar refractivity (Wildman–Crippen MR) is 120 cm³/mol. The Labute approximate surface area is 186 Å². The van der Waals surface area contributed by atoms with Gasteiger partial charge in [0.2, 0.25) is 11.8 Å². The molecule has 2 amide bonds. The Kier molecular flexibility index (Phi) is 5.60. The SMILES string of the molecule is CC(C)Cn1c(=O)c(C(=O)NC2CC2)cn2nc(O)c(C=CC(=O)NC(C)(C)C3CC3)c12. The Hall–Kier alpha value is -3.10. The highest BCUT2D eigenvalue weighted by molar-refractivity contribution is 5.95. The minimum Gasteiger partial charge on any atom is -0.492 e. The van der Waals surface area contributed by atoms with E-state index in [4.69, 9.17) is 0 Å². The van der Waals surface area contributed by atoms with Crippen LogP contribution in [0.3, 0.4) is 0 Å². The highest BCUT2D eigenvalue weighted by Crippen LogP contribution is 2.39. The summed E-state index contributed by atoms with van der Waals surface area (Å²) < 4.78 is 2.79. The first kappa shape index (κ1) is 22.1. The van der Waals surface area contributed by atoms with E-state index in [0.29, 0.717) is 18.1 Å². The summed E-state index contributed by atoms with van der Waals surface area (Å²) in [5.41, 5.74) is -0.162. The van der Waals surface area contributed by atoms with Gasteiger partial charge in [0.25, 0.3) is 11.5 Å². The number of fused-ring (bicyclic) bond motifs is 1. The maximum atomic E-state index is 13.2. The number of hydrogen-bond acceptors (Lipinski definition) is 5. The summed E-state index contributed by atoms with van der Waals surface area (Å²) in [4.78, 5) is 38.3. The van der Waals surface area contributed by atoms with E-state index in [2.05, 4.69) is 15.7 Å². The lowest BCUT2D eigenvalue weighted by atomic mass is 9.99. The number of nitrogens with one attached hydrogen (secondary N) is 2. The summed E-state index contributed by atoms with van der Waals surface area (Å²) in [7, 11) is 0. The predicted octanol–water partition coefficient (Wildman–Crippen LogP) is 2.07. The van der Waals surface area contributed by atoms with Gasteiger partial charge < -0.3 is 15.7 Å². The third-order valence-corrected chi connectivity index (χ3v) is 6.03. The molecule has 0 spiro atoms. The molecule has 0 radical (unpaired) electrons. The maximum Gasteiger partial charge on any atom is 0.266 e. The van der Waals surface area contributed by atoms with E-state index >= 15 is 0 Å². The fourth-order valence-electron chi connectivity index (χ4n) is 3.96. The van der Waals surface area contributed by atoms with Gasteiger partial charge in [-0.25, -0.2) is 4.52 Å². The average Bonchev–Trinajstić information content (AvgIpc) is 3.59. The molecular weight excluding hydrogens is 410 g/mol. The molecule has 0 atom stereocenters. The van der Waals surface area contributed by atoms with Crippen molar-refractivity contribution in [2.24, 2.45) is 11.8 Å². The fourth-order valence-corrected chi connectivity index (χ4v) is 3.96. The molecule has 2 fully saturated rings. The van der Waals surface area contributed by atoms with Crippen LogP contribution in [0, 0.1) is 11.8 Å². The standard InChI is InChI=1S/C23H31N5O4/c1-13(2)11-27-21-16(9-10-18(29)25-23(3,4)14-5-6-14)20(31)26-28(21)12-17(22(27)32)19(30)24-15-7-8-15/h9-10,12-15H,5-8,11H2,1-4H3,(H,24,30)(H,25,29)(H,26,31). The Morgan fingerprint density at radius 1 is 1.28 bits per heavy atom. The van der Waals surface area contributed by atoms with Gasteiger partial charge in [0.15, 0.2) is 0 Å². The van der Waals surface area contributed by atoms with Crippen molar-refractivity contribution >= 4 is 23.5 Å². The molecule has 2 aromatic heterocycles. The van der Waals surface area contributed by atoms with E-state index < -0.39 is 11.5 Å². The van der Waals surface area contributed by atoms with Gasteiger partial charge in [-0.05, 0) is 57.4 Å². The van der Waals surface area contributed by atoms with Crippen LogP contribution < -0.4 is 16.2 Å². The lowest BCUT2D eigenvalue weighted by Crippen LogP contribution is -2.44. The van der Waals surface area contributed by atoms with Crippen molar-refractivity contribution in [1.29, 1.82) is 0 Å². The smallest absolute Gasteiger partial charge is 0.266 e. The lowest BCUT2D eigenvalue weighted by molar-refractivity contribution is -0.118. The molecular formula is C23H31N5O4. The van der Waals surface area contributed by atoms with Crippen molar-refractivity contribution < 1.29 is 14.7 Å². The van der Waals surface area contributed by atoms with Crippen molar-refractivity contribution in [3.8, 4) is 5.88 Å². The summed E-state index contributed by atoms with van der Waals surface area (Å²) in [5.74, 6) is -0.451. The van der Waals surface area contributed by atoms with Gasteiger partial charge in [-0.1, -0.05) is 13.8 Å². The van der Waals surface area contributed by atoms with Crippen molar-refractivity contribution in [2.45, 2.75) is 71.5 Å². The van der Waals surface area contributed by atoms with Gasteiger partial charge in [0, 0.05) is 30.4 Å². The highest BCUT2D eigenvalue weighted by atomic mass is 16.3. The van der Waals surface area contributed by atoms with Crippen molar-refractivity contribution in [3.05, 3.63) is 33.8 Å². The molecule has 32 heavy (non-hydrogen) atoms. The van der Waals surface area contributed by atoms with E-state index in [9.17, 15) is 19.5 Å². The lowest BCUT2D eigenvalue weighted by Gasteiger charge is -2.25. The number of nitrogens with zero attached hydrogens (tertiary/aromatic N) is 3. The average molecular weight is 442 g/mol. The molecule has 2 aliphatic rings. The zero-order valence-electron chi connectivity index (χ0n) is 19.0. The van der Waals surface area contributed by atoms with Crippen LogP contribution in [0.15, 0.2) is 17.1 Å². The number of aromatic hydroxyl groups is 1. The molecule has 0 aromatic carbocycles. The van der Waals surface area contributed by atoms with E-state index in [0.717, 1.165) is 25.7 Å². The number of carbonyl (C=O) groups is 2. The number of carbonyl (C=O) groups excluding carboxylic acids is 2. The highest BCUT2D eigenvalue weighted by Gasteiger charge is 2.38. The molecule has 0 aliphatic heterocycles. The first-order valence-corrected chi connectivity index (χ1v) is 11.2. The first-order valence-electron chi connectivity index (χ1n) is 11.2. The van der Waals surface area contributed by atoms with Gasteiger partial charge in [0.1, 0.15) is 11.2 Å². The molecule has 0 bridgehead atoms. The van der Waals surface area contributed by atoms with Crippen molar-refractivity contribution in [3.63, 3.8) is 0 Å². The maximum absolute atomic E-state index is 13.2. The molecule has 0 saturated heterocycles. The van der Waals surface area contributed by atoms with Gasteiger partial charge in [-0.15, -0.1) is 5.10 Å². The van der Waals surface area contributed by atoms with Crippen LogP contribution in [-0.4, -0.2) is 42.7 Å². The second kappa shape index (κ2) is 8.11. The van der Waals surface area contributed by atoms with E-state index in [1.54, 1.807) is 0 Å². The van der Waals surface area contributed by atoms with Crippen molar-refractivity contribution in [1.82, 2.24) is 24.8 Å². The quantitative estimate of drug-likeness (QED) is 0.542. The van der Waals surface area contributed by atoms with Crippen LogP contribution in [0.4, 0.5) is 0 Å². The molecule has 2 aliphatic carbocycles. The number of amides is 2.